The van der Waals surface area contributed by atoms with Crippen LogP contribution >= 0.6 is 0 Å². The van der Waals surface area contributed by atoms with Crippen molar-refractivity contribution < 1.29 is 14.7 Å². The van der Waals surface area contributed by atoms with Crippen molar-refractivity contribution in [1.29, 1.82) is 0 Å². The van der Waals surface area contributed by atoms with Crippen LogP contribution < -0.4 is 0 Å². The van der Waals surface area contributed by atoms with Crippen LogP contribution in [0, 0.1) is 13.8 Å². The number of amides is 1. The molecule has 0 unspecified atom stereocenters. The van der Waals surface area contributed by atoms with E-state index in [9.17, 15) is 14.7 Å². The number of aliphatic hydroxyl groups excluding tert-OH is 1. The molecule has 1 fully saturated rings. The Labute approximate surface area is 186 Å². The standard InChI is InChI=1S/C25H26N4O3/c1-14(2)18-7-9-19(10-8-18)22-21(23(30)20-15(3)27-28-16(20)4)24(31)25(32)29(22)13-17-6-5-11-26-12-17/h5-12,14,22,30H,13H2,1-4H3,(H,27,28)/t22-/m0/s1. The number of aryl methyl sites for hydroxylation is 2. The van der Waals surface area contributed by atoms with Gasteiger partial charge in [-0.15, -0.1) is 0 Å². The van der Waals surface area contributed by atoms with E-state index in [-0.39, 0.29) is 17.9 Å². The number of H-pyrrole nitrogens is 1. The van der Waals surface area contributed by atoms with Gasteiger partial charge in [0.05, 0.1) is 22.9 Å². The summed E-state index contributed by atoms with van der Waals surface area (Å²) in [7, 11) is 0. The molecule has 0 spiro atoms. The fourth-order valence-electron chi connectivity index (χ4n) is 4.18. The number of likely N-dealkylation sites (tertiary alicyclic amines) is 1. The van der Waals surface area contributed by atoms with Gasteiger partial charge in [-0.05, 0) is 42.5 Å². The fourth-order valence-corrected chi connectivity index (χ4v) is 4.18. The number of aromatic nitrogens is 3. The molecule has 2 N–H and O–H groups in total. The second kappa shape index (κ2) is 8.42. The van der Waals surface area contributed by atoms with E-state index in [1.54, 1.807) is 32.3 Å². The lowest BCUT2D eigenvalue weighted by molar-refractivity contribution is -0.140. The highest BCUT2D eigenvalue weighted by atomic mass is 16.3. The molecule has 1 amide bonds. The number of carbonyl (C=O) groups is 2. The lowest BCUT2D eigenvalue weighted by atomic mass is 9.92. The molecule has 0 aliphatic carbocycles. The first kappa shape index (κ1) is 21.5. The minimum atomic E-state index is -0.717. The van der Waals surface area contributed by atoms with Crippen LogP contribution in [0.2, 0.25) is 0 Å². The highest BCUT2D eigenvalue weighted by molar-refractivity contribution is 6.46. The molecule has 32 heavy (non-hydrogen) atoms. The third kappa shape index (κ3) is 3.70. The Hall–Kier alpha value is -3.74. The summed E-state index contributed by atoms with van der Waals surface area (Å²) >= 11 is 0. The molecule has 7 nitrogen and oxygen atoms in total. The van der Waals surface area contributed by atoms with E-state index in [4.69, 9.17) is 0 Å². The summed E-state index contributed by atoms with van der Waals surface area (Å²) < 4.78 is 0. The Bertz CT molecular complexity index is 1170. The van der Waals surface area contributed by atoms with E-state index in [0.717, 1.165) is 16.7 Å². The summed E-state index contributed by atoms with van der Waals surface area (Å²) in [5, 5.41) is 18.2. The molecule has 0 bridgehead atoms. The lowest BCUT2D eigenvalue weighted by Gasteiger charge is -2.25. The van der Waals surface area contributed by atoms with Crippen LogP contribution in [0.5, 0.6) is 0 Å². The average Bonchev–Trinajstić information content (AvgIpc) is 3.25. The van der Waals surface area contributed by atoms with E-state index >= 15 is 0 Å². The van der Waals surface area contributed by atoms with Gasteiger partial charge in [-0.25, -0.2) is 0 Å². The second-order valence-electron chi connectivity index (χ2n) is 8.42. The van der Waals surface area contributed by atoms with Crippen LogP contribution in [0.1, 0.15) is 59.4 Å². The molecule has 1 aliphatic heterocycles. The van der Waals surface area contributed by atoms with Crippen LogP contribution in [0.25, 0.3) is 5.76 Å². The number of nitrogens with zero attached hydrogens (tertiary/aromatic N) is 3. The predicted molar refractivity (Wildman–Crippen MR) is 121 cm³/mol. The summed E-state index contributed by atoms with van der Waals surface area (Å²) in [5.74, 6) is -1.21. The van der Waals surface area contributed by atoms with E-state index in [0.29, 0.717) is 22.9 Å². The number of Topliss-reactive ketones (excluding diaryl/α,β-unsaturated/α-hetero) is 1. The number of carbonyl (C=O) groups excluding carboxylic acids is 2. The second-order valence-corrected chi connectivity index (χ2v) is 8.42. The monoisotopic (exact) mass is 430 g/mol. The molecule has 164 valence electrons. The zero-order valence-electron chi connectivity index (χ0n) is 18.6. The Kier molecular flexibility index (Phi) is 5.65. The Morgan fingerprint density at radius 1 is 1.16 bits per heavy atom. The normalized spacial score (nSPS) is 18.0. The van der Waals surface area contributed by atoms with Gasteiger partial charge in [0, 0.05) is 24.6 Å². The van der Waals surface area contributed by atoms with Gasteiger partial charge in [-0.2, -0.15) is 5.10 Å². The first-order valence-corrected chi connectivity index (χ1v) is 10.6. The molecule has 3 aromatic rings. The quantitative estimate of drug-likeness (QED) is 0.360. The summed E-state index contributed by atoms with van der Waals surface area (Å²) in [6, 6.07) is 10.8. The van der Waals surface area contributed by atoms with Gasteiger partial charge in [-0.1, -0.05) is 44.2 Å². The third-order valence-electron chi connectivity index (χ3n) is 5.90. The number of rotatable bonds is 5. The van der Waals surface area contributed by atoms with E-state index in [1.807, 2.05) is 30.3 Å². The smallest absolute Gasteiger partial charge is 0.295 e. The predicted octanol–water partition coefficient (Wildman–Crippen LogP) is 4.17. The molecular formula is C25H26N4O3. The topological polar surface area (TPSA) is 99.2 Å². The first-order chi connectivity index (χ1) is 15.3. The summed E-state index contributed by atoms with van der Waals surface area (Å²) in [6.07, 6.45) is 3.33. The van der Waals surface area contributed by atoms with Crippen molar-refractivity contribution in [2.75, 3.05) is 0 Å². The fraction of sp³-hybridized carbons (Fsp3) is 0.280. The van der Waals surface area contributed by atoms with Crippen LogP contribution in [0.15, 0.2) is 54.4 Å². The number of nitrogens with one attached hydrogen (secondary N) is 1. The molecule has 7 heteroatoms. The van der Waals surface area contributed by atoms with E-state index in [2.05, 4.69) is 29.0 Å². The van der Waals surface area contributed by atoms with E-state index < -0.39 is 17.7 Å². The summed E-state index contributed by atoms with van der Waals surface area (Å²) in [5.41, 5.74) is 4.43. The van der Waals surface area contributed by atoms with Crippen LogP contribution in [0.3, 0.4) is 0 Å². The Morgan fingerprint density at radius 2 is 1.88 bits per heavy atom. The Balaban J connectivity index is 1.88. The number of pyridine rings is 1. The average molecular weight is 431 g/mol. The lowest BCUT2D eigenvalue weighted by Crippen LogP contribution is -2.29. The number of hydrogen-bond donors (Lipinski definition) is 2. The third-order valence-corrected chi connectivity index (χ3v) is 5.90. The molecule has 1 atom stereocenters. The van der Waals surface area contributed by atoms with Crippen molar-refractivity contribution in [3.05, 3.63) is 88.0 Å². The number of hydrogen-bond acceptors (Lipinski definition) is 5. The maximum absolute atomic E-state index is 13.2. The van der Waals surface area contributed by atoms with Crippen molar-refractivity contribution in [3.63, 3.8) is 0 Å². The zero-order chi connectivity index (χ0) is 23.0. The van der Waals surface area contributed by atoms with Crippen LogP contribution in [0.4, 0.5) is 0 Å². The molecule has 0 radical (unpaired) electrons. The van der Waals surface area contributed by atoms with Crippen molar-refractivity contribution in [2.24, 2.45) is 0 Å². The van der Waals surface area contributed by atoms with Crippen LogP contribution in [-0.2, 0) is 16.1 Å². The largest absolute Gasteiger partial charge is 0.507 e. The molecule has 0 saturated carbocycles. The van der Waals surface area contributed by atoms with E-state index in [1.165, 1.54) is 4.90 Å². The molecule has 1 aromatic carbocycles. The molecule has 2 aromatic heterocycles. The molecule has 1 aliphatic rings. The van der Waals surface area contributed by atoms with Gasteiger partial charge in [-0.3, -0.25) is 19.7 Å². The van der Waals surface area contributed by atoms with Crippen LogP contribution in [-0.4, -0.2) is 36.9 Å². The first-order valence-electron chi connectivity index (χ1n) is 10.6. The summed E-state index contributed by atoms with van der Waals surface area (Å²) in [6.45, 7) is 7.93. The van der Waals surface area contributed by atoms with Crippen molar-refractivity contribution >= 4 is 17.4 Å². The zero-order valence-corrected chi connectivity index (χ0v) is 18.6. The molecule has 1 saturated heterocycles. The van der Waals surface area contributed by atoms with Gasteiger partial charge >= 0.3 is 0 Å². The maximum atomic E-state index is 13.2. The highest BCUT2D eigenvalue weighted by Gasteiger charge is 2.46. The highest BCUT2D eigenvalue weighted by Crippen LogP contribution is 2.41. The number of ketones is 1. The minimum absolute atomic E-state index is 0.0730. The van der Waals surface area contributed by atoms with Crippen molar-refractivity contribution in [3.8, 4) is 0 Å². The summed E-state index contributed by atoms with van der Waals surface area (Å²) in [4.78, 5) is 31.9. The molecular weight excluding hydrogens is 404 g/mol. The molecule has 3 heterocycles. The van der Waals surface area contributed by atoms with Gasteiger partial charge < -0.3 is 10.0 Å². The van der Waals surface area contributed by atoms with Gasteiger partial charge in [0.1, 0.15) is 5.76 Å². The Morgan fingerprint density at radius 3 is 2.44 bits per heavy atom. The van der Waals surface area contributed by atoms with Crippen molar-refractivity contribution in [1.82, 2.24) is 20.1 Å². The molecule has 4 rings (SSSR count). The van der Waals surface area contributed by atoms with Gasteiger partial charge in [0.2, 0.25) is 0 Å². The maximum Gasteiger partial charge on any atom is 0.295 e. The van der Waals surface area contributed by atoms with Gasteiger partial charge in [0.25, 0.3) is 11.7 Å². The van der Waals surface area contributed by atoms with Crippen molar-refractivity contribution in [2.45, 2.75) is 46.2 Å². The number of aliphatic hydroxyl groups is 1. The SMILES string of the molecule is Cc1n[nH]c(C)c1C(O)=C1C(=O)C(=O)N(Cc2cccnc2)[C@H]1c1ccc(C(C)C)cc1. The van der Waals surface area contributed by atoms with Gasteiger partial charge in [0.15, 0.2) is 0 Å². The number of benzene rings is 1. The minimum Gasteiger partial charge on any atom is -0.507 e. The number of aromatic amines is 1.